The second kappa shape index (κ2) is 8.74. The molecule has 0 aromatic rings. The number of carboxylic acid groups (broad SMARTS) is 1. The molecule has 0 saturated heterocycles. The van der Waals surface area contributed by atoms with Gasteiger partial charge in [0.25, 0.3) is 0 Å². The first kappa shape index (κ1) is 17.7. The number of rotatable bonds is 8. The largest absolute Gasteiger partial charge is 0.481 e. The summed E-state index contributed by atoms with van der Waals surface area (Å²) in [6, 6.07) is -0.0685. The van der Waals surface area contributed by atoms with Crippen molar-refractivity contribution in [2.75, 3.05) is 20.7 Å². The highest BCUT2D eigenvalue weighted by molar-refractivity contribution is 5.74. The fourth-order valence-electron chi connectivity index (χ4n) is 1.80. The Hall–Kier alpha value is -1.30. The van der Waals surface area contributed by atoms with E-state index in [-0.39, 0.29) is 25.0 Å². The van der Waals surface area contributed by atoms with Gasteiger partial charge in [-0.15, -0.1) is 0 Å². The number of ether oxygens (including phenoxy) is 1. The summed E-state index contributed by atoms with van der Waals surface area (Å²) in [4.78, 5) is 24.1. The van der Waals surface area contributed by atoms with Crippen molar-refractivity contribution in [1.29, 1.82) is 0 Å². The van der Waals surface area contributed by atoms with Crippen molar-refractivity contribution < 1.29 is 19.4 Å². The number of nitrogens with zero attached hydrogens (tertiary/aromatic N) is 1. The molecule has 0 radical (unpaired) electrons. The standard InChI is InChI=1S/C13H26N2O4/c1-9(2)6-10(3)15(4)13(18)14-8-11(19-5)7-12(16)17/h9-11H,6-8H2,1-5H3,(H,14,18)(H,16,17). The number of urea groups is 1. The summed E-state index contributed by atoms with van der Waals surface area (Å²) in [6.45, 7) is 6.40. The molecule has 0 aliphatic rings. The summed E-state index contributed by atoms with van der Waals surface area (Å²) in [7, 11) is 3.17. The van der Waals surface area contributed by atoms with Gasteiger partial charge in [0.15, 0.2) is 0 Å². The maximum absolute atomic E-state index is 11.9. The Kier molecular flexibility index (Phi) is 8.14. The van der Waals surface area contributed by atoms with E-state index in [0.717, 1.165) is 6.42 Å². The number of nitrogens with one attached hydrogen (secondary N) is 1. The van der Waals surface area contributed by atoms with E-state index in [0.29, 0.717) is 5.92 Å². The fourth-order valence-corrected chi connectivity index (χ4v) is 1.80. The van der Waals surface area contributed by atoms with Crippen LogP contribution in [0.2, 0.25) is 0 Å². The van der Waals surface area contributed by atoms with Gasteiger partial charge in [-0.2, -0.15) is 0 Å². The van der Waals surface area contributed by atoms with E-state index < -0.39 is 12.1 Å². The van der Waals surface area contributed by atoms with Crippen LogP contribution in [0.1, 0.15) is 33.6 Å². The molecule has 0 rings (SSSR count). The van der Waals surface area contributed by atoms with Crippen LogP contribution < -0.4 is 5.32 Å². The average molecular weight is 274 g/mol. The highest BCUT2D eigenvalue weighted by Crippen LogP contribution is 2.09. The van der Waals surface area contributed by atoms with E-state index in [1.165, 1.54) is 7.11 Å². The van der Waals surface area contributed by atoms with Crippen molar-refractivity contribution in [2.45, 2.75) is 45.8 Å². The topological polar surface area (TPSA) is 78.9 Å². The van der Waals surface area contributed by atoms with Gasteiger partial charge in [0.2, 0.25) is 0 Å². The average Bonchev–Trinajstić information content (AvgIpc) is 2.31. The quantitative estimate of drug-likeness (QED) is 0.704. The van der Waals surface area contributed by atoms with Crippen LogP contribution in [0.15, 0.2) is 0 Å². The molecular weight excluding hydrogens is 248 g/mol. The van der Waals surface area contributed by atoms with E-state index in [1.807, 2.05) is 6.92 Å². The summed E-state index contributed by atoms with van der Waals surface area (Å²) in [5.74, 6) is -0.424. The van der Waals surface area contributed by atoms with Crippen molar-refractivity contribution in [3.05, 3.63) is 0 Å². The third kappa shape index (κ3) is 7.66. The predicted molar refractivity (Wildman–Crippen MR) is 73.1 cm³/mol. The van der Waals surface area contributed by atoms with Crippen LogP contribution in [0, 0.1) is 5.92 Å². The van der Waals surface area contributed by atoms with Crippen LogP contribution >= 0.6 is 0 Å². The highest BCUT2D eigenvalue weighted by Gasteiger charge is 2.18. The second-order valence-electron chi connectivity index (χ2n) is 5.23. The first-order valence-electron chi connectivity index (χ1n) is 6.53. The number of hydrogen-bond donors (Lipinski definition) is 2. The molecule has 6 nitrogen and oxygen atoms in total. The number of carbonyl (C=O) groups excluding carboxylic acids is 1. The van der Waals surface area contributed by atoms with Gasteiger partial charge in [-0.1, -0.05) is 13.8 Å². The van der Waals surface area contributed by atoms with Crippen LogP contribution in [-0.2, 0) is 9.53 Å². The van der Waals surface area contributed by atoms with Crippen molar-refractivity contribution in [2.24, 2.45) is 5.92 Å². The number of amides is 2. The number of methoxy groups -OCH3 is 1. The molecule has 0 aliphatic heterocycles. The molecule has 2 N–H and O–H groups in total. The third-order valence-corrected chi connectivity index (χ3v) is 3.01. The zero-order valence-electron chi connectivity index (χ0n) is 12.5. The number of aliphatic carboxylic acids is 1. The Morgan fingerprint density at radius 1 is 1.32 bits per heavy atom. The fraction of sp³-hybridized carbons (Fsp3) is 0.846. The van der Waals surface area contributed by atoms with Gasteiger partial charge in [0.1, 0.15) is 0 Å². The van der Waals surface area contributed by atoms with Crippen molar-refractivity contribution >= 4 is 12.0 Å². The lowest BCUT2D eigenvalue weighted by atomic mass is 10.0. The van der Waals surface area contributed by atoms with Gasteiger partial charge < -0.3 is 20.1 Å². The first-order chi connectivity index (χ1) is 8.77. The summed E-state index contributed by atoms with van der Waals surface area (Å²) in [5, 5.41) is 11.4. The molecule has 6 heteroatoms. The summed E-state index contributed by atoms with van der Waals surface area (Å²) in [6.07, 6.45) is 0.296. The van der Waals surface area contributed by atoms with Crippen molar-refractivity contribution in [1.82, 2.24) is 10.2 Å². The minimum atomic E-state index is -0.942. The minimum Gasteiger partial charge on any atom is -0.481 e. The third-order valence-electron chi connectivity index (χ3n) is 3.01. The van der Waals surface area contributed by atoms with Gasteiger partial charge in [-0.05, 0) is 19.3 Å². The summed E-state index contributed by atoms with van der Waals surface area (Å²) < 4.78 is 5.00. The van der Waals surface area contributed by atoms with Crippen LogP contribution in [0.25, 0.3) is 0 Å². The molecule has 2 unspecified atom stereocenters. The Balaban J connectivity index is 4.17. The molecule has 0 aromatic carbocycles. The Bertz CT molecular complexity index is 294. The molecule has 2 amide bonds. The summed E-state index contributed by atoms with van der Waals surface area (Å²) in [5.41, 5.74) is 0. The number of carboxylic acids is 1. The SMILES string of the molecule is COC(CNC(=O)N(C)C(C)CC(C)C)CC(=O)O. The molecule has 0 saturated carbocycles. The lowest BCUT2D eigenvalue weighted by Crippen LogP contribution is -2.45. The predicted octanol–water partition coefficient (Wildman–Crippen LogP) is 1.55. The molecule has 19 heavy (non-hydrogen) atoms. The number of hydrogen-bond acceptors (Lipinski definition) is 3. The highest BCUT2D eigenvalue weighted by atomic mass is 16.5. The van der Waals surface area contributed by atoms with Crippen molar-refractivity contribution in [3.63, 3.8) is 0 Å². The molecule has 0 heterocycles. The van der Waals surface area contributed by atoms with Gasteiger partial charge >= 0.3 is 12.0 Å². The Morgan fingerprint density at radius 3 is 2.32 bits per heavy atom. The van der Waals surface area contributed by atoms with Crippen LogP contribution in [0.5, 0.6) is 0 Å². The van der Waals surface area contributed by atoms with Crippen molar-refractivity contribution in [3.8, 4) is 0 Å². The van der Waals surface area contributed by atoms with E-state index in [9.17, 15) is 9.59 Å². The van der Waals surface area contributed by atoms with Gasteiger partial charge in [0, 0.05) is 26.7 Å². The molecule has 0 fully saturated rings. The van der Waals surface area contributed by atoms with E-state index in [1.54, 1.807) is 11.9 Å². The molecule has 0 bridgehead atoms. The van der Waals surface area contributed by atoms with E-state index in [4.69, 9.17) is 9.84 Å². The smallest absolute Gasteiger partial charge is 0.317 e. The summed E-state index contributed by atoms with van der Waals surface area (Å²) >= 11 is 0. The van der Waals surface area contributed by atoms with E-state index in [2.05, 4.69) is 19.2 Å². The lowest BCUT2D eigenvalue weighted by molar-refractivity contribution is -0.139. The maximum atomic E-state index is 11.9. The molecule has 0 aliphatic carbocycles. The Morgan fingerprint density at radius 2 is 1.89 bits per heavy atom. The minimum absolute atomic E-state index is 0.123. The van der Waals surface area contributed by atoms with Gasteiger partial charge in [-0.25, -0.2) is 4.79 Å². The second-order valence-corrected chi connectivity index (χ2v) is 5.23. The van der Waals surface area contributed by atoms with Crippen LogP contribution in [0.4, 0.5) is 4.79 Å². The lowest BCUT2D eigenvalue weighted by Gasteiger charge is -2.27. The molecule has 0 spiro atoms. The monoisotopic (exact) mass is 274 g/mol. The molecule has 0 aromatic heterocycles. The number of carbonyl (C=O) groups is 2. The van der Waals surface area contributed by atoms with E-state index >= 15 is 0 Å². The first-order valence-corrected chi connectivity index (χ1v) is 6.53. The zero-order valence-corrected chi connectivity index (χ0v) is 12.5. The normalized spacial score (nSPS) is 14.0. The maximum Gasteiger partial charge on any atom is 0.317 e. The molecular formula is C13H26N2O4. The van der Waals surface area contributed by atoms with Crippen LogP contribution in [0.3, 0.4) is 0 Å². The van der Waals surface area contributed by atoms with Crippen LogP contribution in [-0.4, -0.2) is 54.9 Å². The Labute approximate surface area is 115 Å². The zero-order chi connectivity index (χ0) is 15.0. The molecule has 112 valence electrons. The molecule has 2 atom stereocenters. The van der Waals surface area contributed by atoms with Gasteiger partial charge in [-0.3, -0.25) is 4.79 Å². The van der Waals surface area contributed by atoms with Gasteiger partial charge in [0.05, 0.1) is 12.5 Å².